The van der Waals surface area contributed by atoms with Crippen LogP contribution in [0.15, 0.2) is 12.1 Å². The molecule has 0 aromatic heterocycles. The van der Waals surface area contributed by atoms with Gasteiger partial charge in [0.1, 0.15) is 0 Å². The van der Waals surface area contributed by atoms with E-state index in [2.05, 4.69) is 13.8 Å². The van der Waals surface area contributed by atoms with Gasteiger partial charge in [-0.25, -0.2) is 0 Å². The average Bonchev–Trinajstić information content (AvgIpc) is 2.30. The summed E-state index contributed by atoms with van der Waals surface area (Å²) in [4.78, 5) is 0. The number of nitrogens with two attached hydrogens (primary N) is 1. The summed E-state index contributed by atoms with van der Waals surface area (Å²) < 4.78 is 10.5. The molecule has 0 fully saturated rings. The predicted octanol–water partition coefficient (Wildman–Crippen LogP) is 3.27. The second-order valence-corrected chi connectivity index (χ2v) is 5.25. The molecule has 2 N–H and O–H groups in total. The van der Waals surface area contributed by atoms with E-state index in [0.29, 0.717) is 22.4 Å². The highest BCUT2D eigenvalue weighted by molar-refractivity contribution is 6.33. The Morgan fingerprint density at radius 3 is 2.39 bits per heavy atom. The molecule has 18 heavy (non-hydrogen) atoms. The molecule has 1 aromatic rings. The Labute approximate surface area is 114 Å². The Balaban J connectivity index is 2.90. The maximum absolute atomic E-state index is 6.31. The van der Waals surface area contributed by atoms with E-state index in [4.69, 9.17) is 26.8 Å². The smallest absolute Gasteiger partial charge is 0.179 e. The van der Waals surface area contributed by atoms with E-state index >= 15 is 0 Å². The summed E-state index contributed by atoms with van der Waals surface area (Å²) in [6.45, 7) is 4.33. The Morgan fingerprint density at radius 2 is 1.89 bits per heavy atom. The molecule has 0 aliphatic rings. The van der Waals surface area contributed by atoms with E-state index in [-0.39, 0.29) is 6.04 Å². The van der Waals surface area contributed by atoms with Gasteiger partial charge in [-0.2, -0.15) is 0 Å². The van der Waals surface area contributed by atoms with Crippen LogP contribution in [-0.4, -0.2) is 20.3 Å². The van der Waals surface area contributed by atoms with E-state index in [1.165, 1.54) is 0 Å². The van der Waals surface area contributed by atoms with Gasteiger partial charge in [-0.3, -0.25) is 0 Å². The fourth-order valence-electron chi connectivity index (χ4n) is 2.06. The Hall–Kier alpha value is -0.930. The molecule has 1 rings (SSSR count). The minimum Gasteiger partial charge on any atom is -0.493 e. The van der Waals surface area contributed by atoms with Gasteiger partial charge in [0, 0.05) is 6.04 Å². The molecule has 0 aliphatic carbocycles. The van der Waals surface area contributed by atoms with Crippen LogP contribution < -0.4 is 15.2 Å². The molecule has 0 heterocycles. The van der Waals surface area contributed by atoms with Gasteiger partial charge in [0.05, 0.1) is 19.2 Å². The number of methoxy groups -OCH3 is 2. The molecule has 1 unspecified atom stereocenters. The maximum atomic E-state index is 6.31. The lowest BCUT2D eigenvalue weighted by molar-refractivity contribution is 0.354. The van der Waals surface area contributed by atoms with Crippen molar-refractivity contribution >= 4 is 11.6 Å². The third-order valence-electron chi connectivity index (χ3n) is 2.82. The zero-order valence-corrected chi connectivity index (χ0v) is 12.3. The monoisotopic (exact) mass is 271 g/mol. The van der Waals surface area contributed by atoms with Crippen LogP contribution in [0.3, 0.4) is 0 Å². The predicted molar refractivity (Wildman–Crippen MR) is 75.7 cm³/mol. The third-order valence-corrected chi connectivity index (χ3v) is 3.24. The topological polar surface area (TPSA) is 44.5 Å². The van der Waals surface area contributed by atoms with E-state index in [9.17, 15) is 0 Å². The largest absolute Gasteiger partial charge is 0.493 e. The van der Waals surface area contributed by atoms with Gasteiger partial charge < -0.3 is 15.2 Å². The molecule has 4 heteroatoms. The molecule has 0 bridgehead atoms. The van der Waals surface area contributed by atoms with Crippen LogP contribution in [0, 0.1) is 5.92 Å². The molecule has 102 valence electrons. The fourth-order valence-corrected chi connectivity index (χ4v) is 2.37. The van der Waals surface area contributed by atoms with Crippen LogP contribution in [0.1, 0.15) is 25.8 Å². The van der Waals surface area contributed by atoms with Crippen LogP contribution in [0.5, 0.6) is 11.5 Å². The Morgan fingerprint density at radius 1 is 1.22 bits per heavy atom. The summed E-state index contributed by atoms with van der Waals surface area (Å²) >= 11 is 6.31. The van der Waals surface area contributed by atoms with Gasteiger partial charge in [-0.1, -0.05) is 31.5 Å². The summed E-state index contributed by atoms with van der Waals surface area (Å²) in [5.41, 5.74) is 7.11. The molecule has 0 saturated heterocycles. The average molecular weight is 272 g/mol. The maximum Gasteiger partial charge on any atom is 0.179 e. The minimum atomic E-state index is 0.112. The Kier molecular flexibility index (Phi) is 5.76. The normalized spacial score (nSPS) is 12.6. The van der Waals surface area contributed by atoms with Crippen LogP contribution in [0.2, 0.25) is 5.02 Å². The van der Waals surface area contributed by atoms with Gasteiger partial charge >= 0.3 is 0 Å². The lowest BCUT2D eigenvalue weighted by Crippen LogP contribution is -2.24. The highest BCUT2D eigenvalue weighted by atomic mass is 35.5. The molecule has 0 amide bonds. The first kappa shape index (κ1) is 15.1. The summed E-state index contributed by atoms with van der Waals surface area (Å²) in [5.74, 6) is 1.80. The van der Waals surface area contributed by atoms with Crippen molar-refractivity contribution in [1.29, 1.82) is 0 Å². The van der Waals surface area contributed by atoms with Gasteiger partial charge in [0.15, 0.2) is 11.5 Å². The second kappa shape index (κ2) is 6.86. The minimum absolute atomic E-state index is 0.112. The van der Waals surface area contributed by atoms with Crippen molar-refractivity contribution in [2.75, 3.05) is 14.2 Å². The Bertz CT molecular complexity index is 394. The summed E-state index contributed by atoms with van der Waals surface area (Å²) in [6, 6.07) is 3.92. The van der Waals surface area contributed by atoms with Crippen molar-refractivity contribution in [2.24, 2.45) is 11.7 Å². The molecule has 0 radical (unpaired) electrons. The summed E-state index contributed by atoms with van der Waals surface area (Å²) in [5, 5.41) is 0.594. The summed E-state index contributed by atoms with van der Waals surface area (Å²) in [7, 11) is 3.18. The van der Waals surface area contributed by atoms with E-state index in [0.717, 1.165) is 18.4 Å². The van der Waals surface area contributed by atoms with Gasteiger partial charge in [-0.15, -0.1) is 0 Å². The first-order valence-corrected chi connectivity index (χ1v) is 6.52. The lowest BCUT2D eigenvalue weighted by atomic mass is 9.98. The molecule has 3 nitrogen and oxygen atoms in total. The summed E-state index contributed by atoms with van der Waals surface area (Å²) in [6.07, 6.45) is 1.72. The van der Waals surface area contributed by atoms with Crippen LogP contribution in [0.4, 0.5) is 0 Å². The van der Waals surface area contributed by atoms with E-state index in [1.54, 1.807) is 14.2 Å². The van der Waals surface area contributed by atoms with Gasteiger partial charge in [-0.05, 0) is 30.4 Å². The van der Waals surface area contributed by atoms with Crippen molar-refractivity contribution < 1.29 is 9.47 Å². The van der Waals surface area contributed by atoms with Crippen LogP contribution >= 0.6 is 11.6 Å². The molecule has 0 aliphatic heterocycles. The molecule has 0 saturated carbocycles. The zero-order chi connectivity index (χ0) is 13.7. The fraction of sp³-hybridized carbons (Fsp3) is 0.571. The molecular weight excluding hydrogens is 250 g/mol. The first-order valence-electron chi connectivity index (χ1n) is 6.14. The highest BCUT2D eigenvalue weighted by Crippen LogP contribution is 2.37. The number of hydrogen-bond donors (Lipinski definition) is 1. The van der Waals surface area contributed by atoms with Crippen LogP contribution in [-0.2, 0) is 6.42 Å². The third kappa shape index (κ3) is 3.79. The second-order valence-electron chi connectivity index (χ2n) is 4.87. The number of rotatable bonds is 6. The quantitative estimate of drug-likeness (QED) is 0.864. The van der Waals surface area contributed by atoms with Crippen molar-refractivity contribution in [3.05, 3.63) is 22.7 Å². The van der Waals surface area contributed by atoms with Gasteiger partial charge in [0.2, 0.25) is 0 Å². The van der Waals surface area contributed by atoms with E-state index in [1.807, 2.05) is 12.1 Å². The molecular formula is C14H22ClNO2. The van der Waals surface area contributed by atoms with Crippen molar-refractivity contribution in [3.63, 3.8) is 0 Å². The lowest BCUT2D eigenvalue weighted by Gasteiger charge is -2.17. The van der Waals surface area contributed by atoms with Crippen molar-refractivity contribution in [2.45, 2.75) is 32.7 Å². The van der Waals surface area contributed by atoms with Crippen molar-refractivity contribution in [1.82, 2.24) is 0 Å². The number of hydrogen-bond acceptors (Lipinski definition) is 3. The molecule has 1 aromatic carbocycles. The first-order chi connectivity index (χ1) is 8.49. The number of ether oxygens (including phenoxy) is 2. The van der Waals surface area contributed by atoms with E-state index < -0.39 is 0 Å². The molecule has 1 atom stereocenters. The highest BCUT2D eigenvalue weighted by Gasteiger charge is 2.15. The molecule has 0 spiro atoms. The number of halogens is 1. The standard InChI is InChI=1S/C14H22ClNO2/c1-9(2)7-11(16)8-10-5-6-12(17-3)14(18-4)13(10)15/h5-6,9,11H,7-8,16H2,1-4H3. The zero-order valence-electron chi connectivity index (χ0n) is 11.5. The van der Waals surface area contributed by atoms with Crippen LogP contribution in [0.25, 0.3) is 0 Å². The SMILES string of the molecule is COc1ccc(CC(N)CC(C)C)c(Cl)c1OC. The number of benzene rings is 1. The van der Waals surface area contributed by atoms with Gasteiger partial charge in [0.25, 0.3) is 0 Å². The van der Waals surface area contributed by atoms with Crippen molar-refractivity contribution in [3.8, 4) is 11.5 Å².